The third-order valence-electron chi connectivity index (χ3n) is 1.51. The van der Waals surface area contributed by atoms with Gasteiger partial charge in [-0.1, -0.05) is 135 Å². The van der Waals surface area contributed by atoms with Gasteiger partial charge in [-0.15, -0.1) is 0 Å². The van der Waals surface area contributed by atoms with Gasteiger partial charge in [0.25, 0.3) is 0 Å². The Bertz CT molecular complexity index is 321. The van der Waals surface area contributed by atoms with Gasteiger partial charge in [0.15, 0.2) is 0 Å². The van der Waals surface area contributed by atoms with Crippen LogP contribution >= 0.6 is 0 Å². The van der Waals surface area contributed by atoms with Gasteiger partial charge in [-0.2, -0.15) is 0 Å². The first-order valence-corrected chi connectivity index (χ1v) is 8.68. The number of benzene rings is 2. The molecule has 2 aromatic carbocycles. The van der Waals surface area contributed by atoms with E-state index in [9.17, 15) is 0 Å². The van der Waals surface area contributed by atoms with Crippen molar-refractivity contribution >= 4 is 0 Å². The third kappa shape index (κ3) is 64.7. The van der Waals surface area contributed by atoms with E-state index in [1.54, 1.807) is 48.5 Å². The Morgan fingerprint density at radius 2 is 0.607 bits per heavy atom. The Balaban J connectivity index is -0.0000000234. The molecule has 28 heavy (non-hydrogen) atoms. The minimum atomic E-state index is 0. The molecule has 0 aliphatic carbocycles. The molecule has 2 N–H and O–H groups in total. The van der Waals surface area contributed by atoms with Gasteiger partial charge in [0.05, 0.1) is 0 Å². The molecule has 0 heterocycles. The van der Waals surface area contributed by atoms with Crippen molar-refractivity contribution < 1.29 is 10.2 Å². The summed E-state index contributed by atoms with van der Waals surface area (Å²) in [7, 11) is 0. The van der Waals surface area contributed by atoms with Crippen molar-refractivity contribution in [3.63, 3.8) is 0 Å². The summed E-state index contributed by atoms with van der Waals surface area (Å²) in [5.74, 6) is 0.644. The lowest BCUT2D eigenvalue weighted by atomic mass is 10.3. The number of hydrogen-bond acceptors (Lipinski definition) is 2. The Morgan fingerprint density at radius 1 is 0.464 bits per heavy atom. The normalized spacial score (nSPS) is 5.57. The number of aromatic hydroxyl groups is 2. The maximum Gasteiger partial charge on any atom is 0.115 e. The molecular formula is C26H58O2. The van der Waals surface area contributed by atoms with Crippen LogP contribution in [0.4, 0.5) is 0 Å². The Hall–Kier alpha value is -1.96. The highest BCUT2D eigenvalue weighted by molar-refractivity contribution is 5.19. The Labute approximate surface area is 181 Å². The SMILES string of the molecule is C.C.C.C.C.CC.CC.CC.CCC.Oc1ccccc1.Oc1ccccc1. The summed E-state index contributed by atoms with van der Waals surface area (Å²) < 4.78 is 0. The maximum absolute atomic E-state index is 8.63. The average molecular weight is 403 g/mol. The lowest BCUT2D eigenvalue weighted by molar-refractivity contribution is 0.475. The van der Waals surface area contributed by atoms with Crippen molar-refractivity contribution in [2.45, 2.75) is 98.9 Å². The smallest absolute Gasteiger partial charge is 0.115 e. The number of hydrogen-bond donors (Lipinski definition) is 2. The summed E-state index contributed by atoms with van der Waals surface area (Å²) in [6.07, 6.45) is 1.25. The predicted octanol–water partition coefficient (Wildman–Crippen LogP) is 10.5. The van der Waals surface area contributed by atoms with Crippen LogP contribution in [0, 0.1) is 0 Å². The van der Waals surface area contributed by atoms with Crippen LogP contribution in [0.15, 0.2) is 60.7 Å². The molecule has 0 amide bonds. The van der Waals surface area contributed by atoms with Crippen molar-refractivity contribution in [1.29, 1.82) is 0 Å². The standard InChI is InChI=1S/2C6H6O.C3H8.3C2H6.5CH4/c2*7-6-4-2-1-3-5-6;1-3-2;3*1-2;;;;;/h2*1-5,7H;3H2,1-2H3;3*1-2H3;5*1H4. The average Bonchev–Trinajstić information content (AvgIpc) is 2.63. The number of phenols is 2. The van der Waals surface area contributed by atoms with Crippen molar-refractivity contribution in [3.05, 3.63) is 60.7 Å². The van der Waals surface area contributed by atoms with Gasteiger partial charge in [-0.3, -0.25) is 0 Å². The van der Waals surface area contributed by atoms with E-state index in [1.165, 1.54) is 6.42 Å². The molecule has 0 aliphatic rings. The second-order valence-electron chi connectivity index (χ2n) is 3.38. The van der Waals surface area contributed by atoms with Crippen LogP contribution in [0.5, 0.6) is 11.5 Å². The quantitative estimate of drug-likeness (QED) is 0.460. The van der Waals surface area contributed by atoms with Crippen molar-refractivity contribution in [3.8, 4) is 11.5 Å². The Kier molecular flexibility index (Phi) is 128. The molecule has 2 nitrogen and oxygen atoms in total. The van der Waals surface area contributed by atoms with E-state index in [1.807, 2.05) is 53.7 Å². The molecule has 0 atom stereocenters. The molecule has 0 bridgehead atoms. The summed E-state index contributed by atoms with van der Waals surface area (Å²) in [6.45, 7) is 16.2. The lowest BCUT2D eigenvalue weighted by Crippen LogP contribution is -1.56. The summed E-state index contributed by atoms with van der Waals surface area (Å²) in [6, 6.07) is 17.4. The highest BCUT2D eigenvalue weighted by Gasteiger charge is 1.75. The summed E-state index contributed by atoms with van der Waals surface area (Å²) in [5.41, 5.74) is 0. The van der Waals surface area contributed by atoms with Crippen LogP contribution in [-0.4, -0.2) is 10.2 Å². The second kappa shape index (κ2) is 64.0. The van der Waals surface area contributed by atoms with E-state index in [0.29, 0.717) is 11.5 Å². The van der Waals surface area contributed by atoms with Crippen LogP contribution in [-0.2, 0) is 0 Å². The minimum Gasteiger partial charge on any atom is -0.508 e. The van der Waals surface area contributed by atoms with Crippen LogP contribution in [0.1, 0.15) is 98.9 Å². The van der Waals surface area contributed by atoms with Gasteiger partial charge in [-0.05, 0) is 24.3 Å². The van der Waals surface area contributed by atoms with Crippen molar-refractivity contribution in [2.75, 3.05) is 0 Å². The van der Waals surface area contributed by atoms with Gasteiger partial charge in [-0.25, -0.2) is 0 Å². The van der Waals surface area contributed by atoms with E-state index < -0.39 is 0 Å². The lowest BCUT2D eigenvalue weighted by Gasteiger charge is -1.82. The fourth-order valence-corrected chi connectivity index (χ4v) is 0.856. The van der Waals surface area contributed by atoms with Gasteiger partial charge < -0.3 is 10.2 Å². The predicted molar refractivity (Wildman–Crippen MR) is 140 cm³/mol. The summed E-state index contributed by atoms with van der Waals surface area (Å²) >= 11 is 0. The number of phenolic OH excluding ortho intramolecular Hbond substituents is 2. The molecule has 0 radical (unpaired) electrons. The zero-order chi connectivity index (χ0) is 18.9. The molecule has 0 aliphatic heterocycles. The van der Waals surface area contributed by atoms with Crippen LogP contribution in [0.3, 0.4) is 0 Å². The molecule has 2 heteroatoms. The van der Waals surface area contributed by atoms with Crippen LogP contribution < -0.4 is 0 Å². The zero-order valence-corrected chi connectivity index (χ0v) is 16.4. The van der Waals surface area contributed by atoms with E-state index in [-0.39, 0.29) is 37.1 Å². The molecule has 174 valence electrons. The topological polar surface area (TPSA) is 40.5 Å². The molecule has 0 aromatic heterocycles. The van der Waals surface area contributed by atoms with E-state index in [2.05, 4.69) is 13.8 Å². The van der Waals surface area contributed by atoms with Gasteiger partial charge >= 0.3 is 0 Å². The first-order valence-electron chi connectivity index (χ1n) is 8.68. The fraction of sp³-hybridized carbons (Fsp3) is 0.538. The molecule has 2 rings (SSSR count). The zero-order valence-electron chi connectivity index (χ0n) is 16.4. The van der Waals surface area contributed by atoms with E-state index in [4.69, 9.17) is 10.2 Å². The van der Waals surface area contributed by atoms with Crippen LogP contribution in [0.25, 0.3) is 0 Å². The van der Waals surface area contributed by atoms with Crippen molar-refractivity contribution in [1.82, 2.24) is 0 Å². The molecule has 0 unspecified atom stereocenters. The first kappa shape index (κ1) is 56.2. The van der Waals surface area contributed by atoms with E-state index in [0.717, 1.165) is 0 Å². The minimum absolute atomic E-state index is 0. The Morgan fingerprint density at radius 3 is 0.679 bits per heavy atom. The largest absolute Gasteiger partial charge is 0.508 e. The second-order valence-corrected chi connectivity index (χ2v) is 3.38. The van der Waals surface area contributed by atoms with Gasteiger partial charge in [0, 0.05) is 0 Å². The monoisotopic (exact) mass is 402 g/mol. The highest BCUT2D eigenvalue weighted by atomic mass is 16.3. The van der Waals surface area contributed by atoms with Gasteiger partial charge in [0.1, 0.15) is 11.5 Å². The summed E-state index contributed by atoms with van der Waals surface area (Å²) in [5, 5.41) is 17.3. The summed E-state index contributed by atoms with van der Waals surface area (Å²) in [4.78, 5) is 0. The molecule has 2 aromatic rings. The highest BCUT2D eigenvalue weighted by Crippen LogP contribution is 2.03. The molecular weight excluding hydrogens is 344 g/mol. The third-order valence-corrected chi connectivity index (χ3v) is 1.51. The van der Waals surface area contributed by atoms with Gasteiger partial charge in [0.2, 0.25) is 0 Å². The molecule has 0 fully saturated rings. The van der Waals surface area contributed by atoms with Crippen LogP contribution in [0.2, 0.25) is 0 Å². The number of para-hydroxylation sites is 2. The molecule has 0 saturated carbocycles. The fourth-order valence-electron chi connectivity index (χ4n) is 0.856. The van der Waals surface area contributed by atoms with E-state index >= 15 is 0 Å². The molecule has 0 spiro atoms. The first-order chi connectivity index (χ1) is 11.2. The molecule has 0 saturated heterocycles. The number of rotatable bonds is 0. The maximum atomic E-state index is 8.63. The van der Waals surface area contributed by atoms with Crippen molar-refractivity contribution in [2.24, 2.45) is 0 Å².